The topological polar surface area (TPSA) is 54.4 Å². The van der Waals surface area contributed by atoms with Crippen molar-refractivity contribution >= 4 is 0 Å². The largest absolute Gasteiger partial charge is 0.389 e. The van der Waals surface area contributed by atoms with E-state index in [4.69, 9.17) is 4.74 Å². The molecule has 0 bridgehead atoms. The highest BCUT2D eigenvalue weighted by atomic mass is 16.5. The number of aliphatic hydroxyl groups is 1. The van der Waals surface area contributed by atoms with Crippen molar-refractivity contribution in [1.82, 2.24) is 10.3 Å². The Balaban J connectivity index is 2.22. The maximum Gasteiger partial charge on any atom is 0.0897 e. The molecule has 4 nitrogen and oxygen atoms in total. The number of aliphatic hydroxyl groups excluding tert-OH is 1. The third-order valence-electron chi connectivity index (χ3n) is 3.41. The van der Waals surface area contributed by atoms with E-state index in [2.05, 4.69) is 44.1 Å². The van der Waals surface area contributed by atoms with E-state index in [1.165, 1.54) is 5.56 Å². The Labute approximate surface area is 128 Å². The van der Waals surface area contributed by atoms with Gasteiger partial charge >= 0.3 is 0 Å². The molecule has 0 radical (unpaired) electrons. The maximum absolute atomic E-state index is 9.93. The first-order chi connectivity index (χ1) is 10.0. The Morgan fingerprint density at radius 2 is 2.10 bits per heavy atom. The number of nitrogens with zero attached hydrogens (tertiary/aromatic N) is 1. The highest BCUT2D eigenvalue weighted by molar-refractivity contribution is 5.19. The first-order valence-electron chi connectivity index (χ1n) is 7.96. The number of nitrogens with one attached hydrogen (secondary N) is 1. The molecule has 120 valence electrons. The molecular formula is C17H30N2O2. The van der Waals surface area contributed by atoms with Gasteiger partial charge in [0, 0.05) is 19.3 Å². The summed E-state index contributed by atoms with van der Waals surface area (Å²) in [5.41, 5.74) is 2.31. The molecule has 2 unspecified atom stereocenters. The average molecular weight is 294 g/mol. The van der Waals surface area contributed by atoms with Gasteiger partial charge in [0.25, 0.3) is 0 Å². The van der Waals surface area contributed by atoms with Crippen LogP contribution in [0.3, 0.4) is 0 Å². The van der Waals surface area contributed by atoms with Crippen LogP contribution in [0.25, 0.3) is 0 Å². The molecule has 0 saturated heterocycles. The molecule has 4 heteroatoms. The summed E-state index contributed by atoms with van der Waals surface area (Å²) in [6, 6.07) is 4.05. The number of hydrogen-bond acceptors (Lipinski definition) is 4. The van der Waals surface area contributed by atoms with Crippen LogP contribution in [0.5, 0.6) is 0 Å². The van der Waals surface area contributed by atoms with Crippen LogP contribution in [0, 0.1) is 5.92 Å². The first-order valence-corrected chi connectivity index (χ1v) is 7.96. The van der Waals surface area contributed by atoms with Gasteiger partial charge in [0.2, 0.25) is 0 Å². The molecule has 2 N–H and O–H groups in total. The second-order valence-electron chi connectivity index (χ2n) is 6.02. The summed E-state index contributed by atoms with van der Waals surface area (Å²) in [7, 11) is 0. The lowest BCUT2D eigenvalue weighted by Gasteiger charge is -2.18. The van der Waals surface area contributed by atoms with Gasteiger partial charge in [-0.25, -0.2) is 0 Å². The lowest BCUT2D eigenvalue weighted by atomic mass is 10.1. The van der Waals surface area contributed by atoms with Crippen LogP contribution in [0.1, 0.15) is 45.4 Å². The fourth-order valence-corrected chi connectivity index (χ4v) is 2.38. The van der Waals surface area contributed by atoms with Crippen molar-refractivity contribution in [3.05, 3.63) is 29.6 Å². The predicted octanol–water partition coefficient (Wildman–Crippen LogP) is 2.55. The van der Waals surface area contributed by atoms with Gasteiger partial charge in [-0.3, -0.25) is 4.98 Å². The molecule has 0 aliphatic rings. The van der Waals surface area contributed by atoms with Crippen molar-refractivity contribution in [2.45, 2.75) is 59.3 Å². The quantitative estimate of drug-likeness (QED) is 0.696. The highest BCUT2D eigenvalue weighted by Gasteiger charge is 2.10. The molecule has 0 saturated carbocycles. The van der Waals surface area contributed by atoms with Crippen molar-refractivity contribution in [2.75, 3.05) is 13.2 Å². The zero-order valence-electron chi connectivity index (χ0n) is 13.8. The smallest absolute Gasteiger partial charge is 0.0897 e. The van der Waals surface area contributed by atoms with Crippen molar-refractivity contribution in [3.63, 3.8) is 0 Å². The number of rotatable bonds is 10. The molecule has 0 aliphatic heterocycles. The second kappa shape index (κ2) is 9.87. The van der Waals surface area contributed by atoms with Crippen LogP contribution in [-0.4, -0.2) is 35.5 Å². The number of ether oxygens (including phenoxy) is 1. The summed E-state index contributed by atoms with van der Waals surface area (Å²) in [6.07, 6.45) is 3.52. The molecule has 2 atom stereocenters. The normalized spacial score (nSPS) is 14.4. The van der Waals surface area contributed by atoms with Gasteiger partial charge < -0.3 is 15.2 Å². The Morgan fingerprint density at radius 1 is 1.33 bits per heavy atom. The maximum atomic E-state index is 9.93. The Bertz CT molecular complexity index is 396. The van der Waals surface area contributed by atoms with Crippen LogP contribution in [-0.2, 0) is 17.7 Å². The van der Waals surface area contributed by atoms with Gasteiger partial charge in [-0.1, -0.05) is 26.8 Å². The van der Waals surface area contributed by atoms with E-state index < -0.39 is 6.10 Å². The molecule has 1 rings (SSSR count). The Kier molecular flexibility index (Phi) is 8.50. The summed E-state index contributed by atoms with van der Waals surface area (Å²) >= 11 is 0. The van der Waals surface area contributed by atoms with E-state index in [0.29, 0.717) is 25.6 Å². The van der Waals surface area contributed by atoms with Crippen molar-refractivity contribution in [3.8, 4) is 0 Å². The lowest BCUT2D eigenvalue weighted by Crippen LogP contribution is -2.32. The van der Waals surface area contributed by atoms with E-state index in [1.807, 2.05) is 12.3 Å². The van der Waals surface area contributed by atoms with Gasteiger partial charge in [0.15, 0.2) is 0 Å². The van der Waals surface area contributed by atoms with Gasteiger partial charge in [-0.2, -0.15) is 0 Å². The first kappa shape index (κ1) is 18.1. The van der Waals surface area contributed by atoms with E-state index >= 15 is 0 Å². The minimum atomic E-state index is -0.478. The molecule has 1 aromatic heterocycles. The van der Waals surface area contributed by atoms with Crippen LogP contribution >= 0.6 is 0 Å². The van der Waals surface area contributed by atoms with Crippen molar-refractivity contribution in [2.24, 2.45) is 5.92 Å². The summed E-state index contributed by atoms with van der Waals surface area (Å²) in [5, 5.41) is 13.2. The summed E-state index contributed by atoms with van der Waals surface area (Å²) < 4.78 is 5.66. The van der Waals surface area contributed by atoms with Gasteiger partial charge in [-0.05, 0) is 37.3 Å². The van der Waals surface area contributed by atoms with Gasteiger partial charge in [-0.15, -0.1) is 0 Å². The summed E-state index contributed by atoms with van der Waals surface area (Å²) in [4.78, 5) is 4.38. The van der Waals surface area contributed by atoms with Crippen LogP contribution < -0.4 is 5.32 Å². The van der Waals surface area contributed by atoms with E-state index in [-0.39, 0.29) is 6.10 Å². The van der Waals surface area contributed by atoms with Crippen molar-refractivity contribution in [1.29, 1.82) is 0 Å². The molecule has 1 aromatic rings. The second-order valence-corrected chi connectivity index (χ2v) is 6.02. The summed E-state index contributed by atoms with van der Waals surface area (Å²) in [6.45, 7) is 10.1. The van der Waals surface area contributed by atoms with Crippen LogP contribution in [0.15, 0.2) is 18.3 Å². The monoisotopic (exact) mass is 294 g/mol. The van der Waals surface area contributed by atoms with E-state index in [9.17, 15) is 5.11 Å². The third-order valence-corrected chi connectivity index (χ3v) is 3.41. The molecule has 0 spiro atoms. The molecule has 21 heavy (non-hydrogen) atoms. The minimum absolute atomic E-state index is 0.196. The number of aryl methyl sites for hydroxylation is 1. The number of hydrogen-bond donors (Lipinski definition) is 2. The lowest BCUT2D eigenvalue weighted by molar-refractivity contribution is -0.00859. The zero-order valence-corrected chi connectivity index (χ0v) is 13.8. The summed E-state index contributed by atoms with van der Waals surface area (Å²) in [5.74, 6) is 0.617. The highest BCUT2D eigenvalue weighted by Crippen LogP contribution is 2.08. The third kappa shape index (κ3) is 7.55. The zero-order chi connectivity index (χ0) is 15.7. The van der Waals surface area contributed by atoms with Gasteiger partial charge in [0.1, 0.15) is 0 Å². The molecule has 0 aliphatic carbocycles. The standard InChI is InChI=1S/C17H30N2O2/c1-5-15-7-6-8-19-17(15)11-18-10-16(20)12-21-14(4)9-13(2)3/h6-8,13-14,16,18,20H,5,9-12H2,1-4H3. The fourth-order valence-electron chi connectivity index (χ4n) is 2.38. The molecule has 0 amide bonds. The fraction of sp³-hybridized carbons (Fsp3) is 0.706. The molecular weight excluding hydrogens is 264 g/mol. The van der Waals surface area contributed by atoms with E-state index in [1.54, 1.807) is 0 Å². The SMILES string of the molecule is CCc1cccnc1CNCC(O)COC(C)CC(C)C. The Hall–Kier alpha value is -0.970. The minimum Gasteiger partial charge on any atom is -0.389 e. The predicted molar refractivity (Wildman–Crippen MR) is 86.2 cm³/mol. The van der Waals surface area contributed by atoms with Crippen molar-refractivity contribution < 1.29 is 9.84 Å². The molecule has 0 fully saturated rings. The van der Waals surface area contributed by atoms with Gasteiger partial charge in [0.05, 0.1) is 24.5 Å². The molecule has 0 aromatic carbocycles. The Morgan fingerprint density at radius 3 is 2.76 bits per heavy atom. The van der Waals surface area contributed by atoms with Crippen LogP contribution in [0.4, 0.5) is 0 Å². The average Bonchev–Trinajstić information content (AvgIpc) is 2.45. The molecule has 1 heterocycles. The number of aromatic nitrogens is 1. The van der Waals surface area contributed by atoms with E-state index in [0.717, 1.165) is 18.5 Å². The number of pyridine rings is 1. The van der Waals surface area contributed by atoms with Crippen LogP contribution in [0.2, 0.25) is 0 Å².